The summed E-state index contributed by atoms with van der Waals surface area (Å²) in [4.78, 5) is 25.4. The molecule has 3 aliphatic carbocycles. The zero-order valence-corrected chi connectivity index (χ0v) is 20.5. The molecule has 0 radical (unpaired) electrons. The standard InChI is InChI=1S/C25H42O6/c1-16-8-10-25-11-9-19(29-7)21(25)24(16,5)20(31-15-28-6)14-23(4,22(27)17(25)2)12-13-30-18(3)26/h16-17,19-21H,8-15H2,1-7H3/t16-,17+,19-,20?,21?,23-,24+,25?/m1/s1. The lowest BCUT2D eigenvalue weighted by atomic mass is 9.44. The molecule has 8 atom stereocenters. The third kappa shape index (κ3) is 3.97. The first-order chi connectivity index (χ1) is 14.6. The third-order valence-corrected chi connectivity index (χ3v) is 9.49. The van der Waals surface area contributed by atoms with Crippen molar-refractivity contribution in [3.05, 3.63) is 0 Å². The Hall–Kier alpha value is -0.980. The Kier molecular flexibility index (Phi) is 7.24. The van der Waals surface area contributed by atoms with Gasteiger partial charge in [-0.25, -0.2) is 0 Å². The number of methoxy groups -OCH3 is 2. The number of hydrogen-bond acceptors (Lipinski definition) is 6. The molecule has 0 aromatic carbocycles. The van der Waals surface area contributed by atoms with Gasteiger partial charge in [-0.2, -0.15) is 0 Å². The van der Waals surface area contributed by atoms with Crippen LogP contribution in [0.2, 0.25) is 0 Å². The van der Waals surface area contributed by atoms with Crippen LogP contribution in [0.4, 0.5) is 0 Å². The second-order valence-electron chi connectivity index (χ2n) is 10.8. The number of ether oxygens (including phenoxy) is 4. The SMILES string of the molecule is COCOC1C[C@@](C)(CCOC(C)=O)C(=O)[C@H](C)C23CC[C@@H](C)[C@]1(C)C2[C@H](OC)CC3. The molecule has 6 nitrogen and oxygen atoms in total. The van der Waals surface area contributed by atoms with Gasteiger partial charge in [-0.3, -0.25) is 9.59 Å². The zero-order chi connectivity index (χ0) is 23.0. The molecule has 2 bridgehead atoms. The fourth-order valence-electron chi connectivity index (χ4n) is 7.53. The van der Waals surface area contributed by atoms with Crippen molar-refractivity contribution in [3.63, 3.8) is 0 Å². The molecule has 0 amide bonds. The summed E-state index contributed by atoms with van der Waals surface area (Å²) in [5, 5.41) is 0. The van der Waals surface area contributed by atoms with E-state index in [2.05, 4.69) is 20.8 Å². The Labute approximate surface area is 187 Å². The minimum Gasteiger partial charge on any atom is -0.466 e. The van der Waals surface area contributed by atoms with Crippen LogP contribution in [-0.4, -0.2) is 51.6 Å². The number of ketones is 1. The van der Waals surface area contributed by atoms with Gasteiger partial charge in [-0.05, 0) is 55.8 Å². The lowest BCUT2D eigenvalue weighted by molar-refractivity contribution is -0.220. The third-order valence-electron chi connectivity index (χ3n) is 9.49. The predicted molar refractivity (Wildman–Crippen MR) is 117 cm³/mol. The Balaban J connectivity index is 2.09. The molecular formula is C25H42O6. The zero-order valence-electron chi connectivity index (χ0n) is 20.5. The van der Waals surface area contributed by atoms with Crippen molar-refractivity contribution < 1.29 is 28.5 Å². The highest BCUT2D eigenvalue weighted by atomic mass is 16.7. The molecule has 0 saturated heterocycles. The summed E-state index contributed by atoms with van der Waals surface area (Å²) >= 11 is 0. The minimum absolute atomic E-state index is 0.0600. The van der Waals surface area contributed by atoms with Gasteiger partial charge < -0.3 is 18.9 Å². The van der Waals surface area contributed by atoms with E-state index in [0.717, 1.165) is 25.7 Å². The number of hydrogen-bond donors (Lipinski definition) is 0. The van der Waals surface area contributed by atoms with E-state index in [1.165, 1.54) is 6.92 Å². The number of carbonyl (C=O) groups is 2. The molecule has 31 heavy (non-hydrogen) atoms. The van der Waals surface area contributed by atoms with Crippen molar-refractivity contribution >= 4 is 11.8 Å². The van der Waals surface area contributed by atoms with E-state index in [0.29, 0.717) is 18.8 Å². The summed E-state index contributed by atoms with van der Waals surface area (Å²) in [5.74, 6) is 0.630. The average molecular weight is 439 g/mol. The maximum absolute atomic E-state index is 14.1. The molecule has 3 saturated carbocycles. The van der Waals surface area contributed by atoms with Crippen LogP contribution in [0.1, 0.15) is 73.1 Å². The summed E-state index contributed by atoms with van der Waals surface area (Å²) in [7, 11) is 3.45. The molecule has 6 heteroatoms. The van der Waals surface area contributed by atoms with Crippen molar-refractivity contribution in [2.24, 2.45) is 34.0 Å². The summed E-state index contributed by atoms with van der Waals surface area (Å²) in [6, 6.07) is 0. The maximum atomic E-state index is 14.1. The lowest BCUT2D eigenvalue weighted by Crippen LogP contribution is -2.63. The van der Waals surface area contributed by atoms with Crippen LogP contribution in [0, 0.1) is 34.0 Å². The minimum atomic E-state index is -0.616. The maximum Gasteiger partial charge on any atom is 0.302 e. The fraction of sp³-hybridized carbons (Fsp3) is 0.920. The van der Waals surface area contributed by atoms with Gasteiger partial charge in [0.1, 0.15) is 12.6 Å². The van der Waals surface area contributed by atoms with Crippen LogP contribution in [0.15, 0.2) is 0 Å². The van der Waals surface area contributed by atoms with Gasteiger partial charge in [-0.15, -0.1) is 0 Å². The van der Waals surface area contributed by atoms with E-state index in [1.807, 2.05) is 14.0 Å². The molecule has 178 valence electrons. The first-order valence-corrected chi connectivity index (χ1v) is 11.9. The van der Waals surface area contributed by atoms with Crippen molar-refractivity contribution in [2.45, 2.75) is 85.4 Å². The summed E-state index contributed by atoms with van der Waals surface area (Å²) in [6.07, 6.45) is 5.27. The van der Waals surface area contributed by atoms with E-state index >= 15 is 0 Å². The van der Waals surface area contributed by atoms with Crippen molar-refractivity contribution in [2.75, 3.05) is 27.6 Å². The summed E-state index contributed by atoms with van der Waals surface area (Å²) < 4.78 is 23.0. The second kappa shape index (κ2) is 9.11. The van der Waals surface area contributed by atoms with Crippen LogP contribution in [0.25, 0.3) is 0 Å². The first-order valence-electron chi connectivity index (χ1n) is 11.9. The van der Waals surface area contributed by atoms with Crippen molar-refractivity contribution in [3.8, 4) is 0 Å². The van der Waals surface area contributed by atoms with Crippen LogP contribution in [0.5, 0.6) is 0 Å². The molecule has 0 aliphatic heterocycles. The molecule has 0 aromatic rings. The van der Waals surface area contributed by atoms with Crippen LogP contribution >= 0.6 is 0 Å². The summed E-state index contributed by atoms with van der Waals surface area (Å²) in [6.45, 7) is 10.8. The van der Waals surface area contributed by atoms with Crippen LogP contribution in [0.3, 0.4) is 0 Å². The van der Waals surface area contributed by atoms with E-state index in [4.69, 9.17) is 18.9 Å². The smallest absolute Gasteiger partial charge is 0.302 e. The van der Waals surface area contributed by atoms with Gasteiger partial charge >= 0.3 is 5.97 Å². The number of esters is 1. The van der Waals surface area contributed by atoms with E-state index in [-0.39, 0.29) is 60.0 Å². The van der Waals surface area contributed by atoms with Gasteiger partial charge in [0.25, 0.3) is 0 Å². The Morgan fingerprint density at radius 1 is 1.13 bits per heavy atom. The Morgan fingerprint density at radius 3 is 2.42 bits per heavy atom. The average Bonchev–Trinajstić information content (AvgIpc) is 3.12. The molecule has 0 spiro atoms. The second-order valence-corrected chi connectivity index (χ2v) is 10.8. The molecule has 0 heterocycles. The fourth-order valence-corrected chi connectivity index (χ4v) is 7.53. The van der Waals surface area contributed by atoms with E-state index in [9.17, 15) is 9.59 Å². The molecule has 0 N–H and O–H groups in total. The Bertz CT molecular complexity index is 679. The number of carbonyl (C=O) groups excluding carboxylic acids is 2. The highest BCUT2D eigenvalue weighted by molar-refractivity contribution is 5.87. The topological polar surface area (TPSA) is 71.1 Å². The monoisotopic (exact) mass is 438 g/mol. The largest absolute Gasteiger partial charge is 0.466 e. The normalized spacial score (nSPS) is 45.0. The number of Topliss-reactive ketones (excluding diaryl/α,β-unsaturated/α-hetero) is 1. The summed E-state index contributed by atoms with van der Waals surface area (Å²) in [5.41, 5.74) is -0.822. The first kappa shape index (κ1) is 24.7. The molecule has 3 aliphatic rings. The molecular weight excluding hydrogens is 396 g/mol. The number of rotatable bonds is 7. The van der Waals surface area contributed by atoms with Gasteiger partial charge in [-0.1, -0.05) is 27.7 Å². The lowest BCUT2D eigenvalue weighted by Gasteiger charge is -2.62. The van der Waals surface area contributed by atoms with Gasteiger partial charge in [0.15, 0.2) is 0 Å². The Morgan fingerprint density at radius 2 is 1.81 bits per heavy atom. The van der Waals surface area contributed by atoms with Gasteiger partial charge in [0.2, 0.25) is 0 Å². The molecule has 3 unspecified atom stereocenters. The van der Waals surface area contributed by atoms with Crippen LogP contribution in [-0.2, 0) is 28.5 Å². The van der Waals surface area contributed by atoms with E-state index in [1.54, 1.807) is 7.11 Å². The molecule has 3 fully saturated rings. The van der Waals surface area contributed by atoms with Gasteiger partial charge in [0, 0.05) is 37.9 Å². The van der Waals surface area contributed by atoms with Gasteiger partial charge in [0.05, 0.1) is 18.8 Å². The van der Waals surface area contributed by atoms with E-state index < -0.39 is 5.41 Å². The van der Waals surface area contributed by atoms with Crippen LogP contribution < -0.4 is 0 Å². The highest BCUT2D eigenvalue weighted by Gasteiger charge is 2.68. The molecule has 0 aromatic heterocycles. The quantitative estimate of drug-likeness (QED) is 0.434. The van der Waals surface area contributed by atoms with Crippen molar-refractivity contribution in [1.29, 1.82) is 0 Å². The predicted octanol–water partition coefficient (Wildman–Crippen LogP) is 4.39. The van der Waals surface area contributed by atoms with Crippen molar-refractivity contribution in [1.82, 2.24) is 0 Å². The highest BCUT2D eigenvalue weighted by Crippen LogP contribution is 2.68. The molecule has 3 rings (SSSR count).